The maximum absolute atomic E-state index is 13.1. The zero-order chi connectivity index (χ0) is 23.1. The predicted molar refractivity (Wildman–Crippen MR) is 128 cm³/mol. The summed E-state index contributed by atoms with van der Waals surface area (Å²) in [7, 11) is 0. The van der Waals surface area contributed by atoms with E-state index in [0.29, 0.717) is 12.8 Å². The molecule has 4 nitrogen and oxygen atoms in total. The standard InChI is InChI=1S/C27H50O4/c1-5-6-7-8-9-13-18-23(19-14-11-10-12-17-22(2)3)31-26(30)27(4)21-16-15-20-24(27)25(28)29/h22-24H,5-21H2,1-4H3,(H,28,29). The van der Waals surface area contributed by atoms with Crippen LogP contribution in [-0.4, -0.2) is 23.1 Å². The molecule has 1 saturated carbocycles. The molecule has 0 amide bonds. The Morgan fingerprint density at radius 1 is 0.903 bits per heavy atom. The Bertz CT molecular complexity index is 501. The molecule has 0 saturated heterocycles. The normalized spacial score (nSPS) is 22.4. The number of carboxylic acid groups (broad SMARTS) is 1. The smallest absolute Gasteiger partial charge is 0.312 e. The van der Waals surface area contributed by atoms with Crippen molar-refractivity contribution in [1.29, 1.82) is 0 Å². The molecular formula is C27H50O4. The molecule has 1 aliphatic carbocycles. The highest BCUT2D eigenvalue weighted by Crippen LogP contribution is 2.42. The first-order chi connectivity index (χ1) is 14.8. The molecule has 1 rings (SSSR count). The summed E-state index contributed by atoms with van der Waals surface area (Å²) in [6, 6.07) is 0. The van der Waals surface area contributed by atoms with Gasteiger partial charge in [-0.3, -0.25) is 9.59 Å². The Hall–Kier alpha value is -1.06. The van der Waals surface area contributed by atoms with Gasteiger partial charge in [-0.05, 0) is 51.4 Å². The van der Waals surface area contributed by atoms with E-state index in [2.05, 4.69) is 20.8 Å². The molecule has 0 aromatic carbocycles. The van der Waals surface area contributed by atoms with Crippen LogP contribution in [0.15, 0.2) is 0 Å². The van der Waals surface area contributed by atoms with Gasteiger partial charge in [0.15, 0.2) is 0 Å². The molecule has 0 radical (unpaired) electrons. The number of carbonyl (C=O) groups is 2. The SMILES string of the molecule is CCCCCCCCC(CCCCCCC(C)C)OC(=O)C1(C)CCCCC1C(=O)O. The van der Waals surface area contributed by atoms with E-state index in [1.165, 1.54) is 57.8 Å². The van der Waals surface area contributed by atoms with Gasteiger partial charge in [-0.2, -0.15) is 0 Å². The molecule has 0 spiro atoms. The van der Waals surface area contributed by atoms with Gasteiger partial charge in [0.05, 0.1) is 11.3 Å². The van der Waals surface area contributed by atoms with Crippen LogP contribution in [0, 0.1) is 17.3 Å². The summed E-state index contributed by atoms with van der Waals surface area (Å²) < 4.78 is 6.04. The van der Waals surface area contributed by atoms with Gasteiger partial charge < -0.3 is 9.84 Å². The van der Waals surface area contributed by atoms with Crippen LogP contribution >= 0.6 is 0 Å². The van der Waals surface area contributed by atoms with Crippen molar-refractivity contribution in [3.8, 4) is 0 Å². The van der Waals surface area contributed by atoms with Crippen LogP contribution in [0.25, 0.3) is 0 Å². The van der Waals surface area contributed by atoms with Gasteiger partial charge in [0.2, 0.25) is 0 Å². The van der Waals surface area contributed by atoms with Crippen LogP contribution in [0.2, 0.25) is 0 Å². The molecular weight excluding hydrogens is 388 g/mol. The molecule has 31 heavy (non-hydrogen) atoms. The molecule has 0 aliphatic heterocycles. The Labute approximate surface area is 191 Å². The number of ether oxygens (including phenoxy) is 1. The molecule has 3 atom stereocenters. The van der Waals surface area contributed by atoms with Gasteiger partial charge in [-0.1, -0.05) is 91.4 Å². The lowest BCUT2D eigenvalue weighted by Crippen LogP contribution is -2.44. The molecule has 3 unspecified atom stereocenters. The van der Waals surface area contributed by atoms with Crippen molar-refractivity contribution >= 4 is 11.9 Å². The minimum atomic E-state index is -0.874. The summed E-state index contributed by atoms with van der Waals surface area (Å²) in [5.41, 5.74) is -0.874. The summed E-state index contributed by atoms with van der Waals surface area (Å²) in [4.78, 5) is 24.9. The molecule has 0 heterocycles. The summed E-state index contributed by atoms with van der Waals surface area (Å²) in [6.07, 6.45) is 18.2. The second-order valence-electron chi connectivity index (χ2n) is 10.5. The number of aliphatic carboxylic acids is 1. The molecule has 0 aromatic rings. The lowest BCUT2D eigenvalue weighted by atomic mass is 9.67. The van der Waals surface area contributed by atoms with Crippen molar-refractivity contribution in [2.45, 2.75) is 143 Å². The molecule has 4 heteroatoms. The van der Waals surface area contributed by atoms with E-state index in [0.717, 1.165) is 44.4 Å². The number of rotatable bonds is 17. The Balaban J connectivity index is 2.57. The first kappa shape index (κ1) is 28.0. The third-order valence-corrected chi connectivity index (χ3v) is 7.18. The summed E-state index contributed by atoms with van der Waals surface area (Å²) in [6.45, 7) is 8.59. The average molecular weight is 439 g/mol. The van der Waals surface area contributed by atoms with Crippen molar-refractivity contribution in [1.82, 2.24) is 0 Å². The highest BCUT2D eigenvalue weighted by Gasteiger charge is 2.48. The highest BCUT2D eigenvalue weighted by atomic mass is 16.5. The van der Waals surface area contributed by atoms with Crippen molar-refractivity contribution in [2.24, 2.45) is 17.3 Å². The van der Waals surface area contributed by atoms with E-state index in [9.17, 15) is 14.7 Å². The predicted octanol–water partition coefficient (Wildman–Crippen LogP) is 7.93. The van der Waals surface area contributed by atoms with Crippen molar-refractivity contribution in [2.75, 3.05) is 0 Å². The van der Waals surface area contributed by atoms with Crippen LogP contribution in [0.4, 0.5) is 0 Å². The van der Waals surface area contributed by atoms with E-state index in [1.54, 1.807) is 0 Å². The first-order valence-corrected chi connectivity index (χ1v) is 13.2. The first-order valence-electron chi connectivity index (χ1n) is 13.2. The average Bonchev–Trinajstić information content (AvgIpc) is 2.72. The van der Waals surface area contributed by atoms with Gasteiger partial charge in [0.25, 0.3) is 0 Å². The Morgan fingerprint density at radius 3 is 2.00 bits per heavy atom. The molecule has 1 fully saturated rings. The molecule has 182 valence electrons. The number of esters is 1. The van der Waals surface area contributed by atoms with E-state index in [1.807, 2.05) is 6.92 Å². The van der Waals surface area contributed by atoms with E-state index in [4.69, 9.17) is 4.74 Å². The topological polar surface area (TPSA) is 63.6 Å². The van der Waals surface area contributed by atoms with Gasteiger partial charge in [-0.25, -0.2) is 0 Å². The molecule has 1 N–H and O–H groups in total. The third-order valence-electron chi connectivity index (χ3n) is 7.18. The molecule has 0 aromatic heterocycles. The third kappa shape index (κ3) is 10.9. The Morgan fingerprint density at radius 2 is 1.45 bits per heavy atom. The number of unbranched alkanes of at least 4 members (excludes halogenated alkanes) is 8. The van der Waals surface area contributed by atoms with E-state index < -0.39 is 17.3 Å². The van der Waals surface area contributed by atoms with Gasteiger partial charge in [-0.15, -0.1) is 0 Å². The van der Waals surface area contributed by atoms with Gasteiger partial charge >= 0.3 is 11.9 Å². The maximum atomic E-state index is 13.1. The summed E-state index contributed by atoms with van der Waals surface area (Å²) in [5, 5.41) is 9.66. The van der Waals surface area contributed by atoms with Crippen LogP contribution in [0.5, 0.6) is 0 Å². The maximum Gasteiger partial charge on any atom is 0.312 e. The van der Waals surface area contributed by atoms with Crippen LogP contribution in [0.1, 0.15) is 137 Å². The second-order valence-corrected chi connectivity index (χ2v) is 10.5. The van der Waals surface area contributed by atoms with Gasteiger partial charge in [0, 0.05) is 0 Å². The second kappa shape index (κ2) is 15.7. The number of carboxylic acids is 1. The minimum Gasteiger partial charge on any atom is -0.481 e. The largest absolute Gasteiger partial charge is 0.481 e. The van der Waals surface area contributed by atoms with Gasteiger partial charge in [0.1, 0.15) is 6.10 Å². The highest BCUT2D eigenvalue weighted by molar-refractivity contribution is 5.84. The lowest BCUT2D eigenvalue weighted by molar-refractivity contribution is -0.174. The zero-order valence-electron chi connectivity index (χ0n) is 20.9. The fourth-order valence-electron chi connectivity index (χ4n) is 4.95. The van der Waals surface area contributed by atoms with Crippen LogP contribution in [0.3, 0.4) is 0 Å². The van der Waals surface area contributed by atoms with Crippen molar-refractivity contribution in [3.63, 3.8) is 0 Å². The van der Waals surface area contributed by atoms with E-state index in [-0.39, 0.29) is 12.1 Å². The number of carbonyl (C=O) groups excluding carboxylic acids is 1. The van der Waals surface area contributed by atoms with Crippen molar-refractivity contribution < 1.29 is 19.4 Å². The number of hydrogen-bond acceptors (Lipinski definition) is 3. The monoisotopic (exact) mass is 438 g/mol. The summed E-state index contributed by atoms with van der Waals surface area (Å²) in [5.74, 6) is -0.966. The fourth-order valence-corrected chi connectivity index (χ4v) is 4.95. The zero-order valence-corrected chi connectivity index (χ0v) is 20.9. The van der Waals surface area contributed by atoms with Crippen LogP contribution in [-0.2, 0) is 14.3 Å². The van der Waals surface area contributed by atoms with Crippen LogP contribution < -0.4 is 0 Å². The lowest BCUT2D eigenvalue weighted by Gasteiger charge is -2.37. The molecule has 1 aliphatic rings. The summed E-state index contributed by atoms with van der Waals surface area (Å²) >= 11 is 0. The van der Waals surface area contributed by atoms with E-state index >= 15 is 0 Å². The quantitative estimate of drug-likeness (QED) is 0.185. The Kier molecular flexibility index (Phi) is 14.2. The van der Waals surface area contributed by atoms with Crippen molar-refractivity contribution in [3.05, 3.63) is 0 Å². The fraction of sp³-hybridized carbons (Fsp3) is 0.926. The minimum absolute atomic E-state index is 0.0584. The number of hydrogen-bond donors (Lipinski definition) is 1. The molecule has 0 bridgehead atoms.